The van der Waals surface area contributed by atoms with E-state index >= 15 is 0 Å². The molecule has 0 bridgehead atoms. The van der Waals surface area contributed by atoms with Gasteiger partial charge in [0.05, 0.1) is 21.6 Å². The molecule has 7 heteroatoms. The third-order valence-corrected chi connectivity index (χ3v) is 4.88. The van der Waals surface area contributed by atoms with E-state index in [1.54, 1.807) is 0 Å². The van der Waals surface area contributed by atoms with Gasteiger partial charge in [0.2, 0.25) is 0 Å². The average Bonchev–Trinajstić information content (AvgIpc) is 2.32. The van der Waals surface area contributed by atoms with E-state index in [4.69, 9.17) is 27.9 Å². The van der Waals surface area contributed by atoms with Gasteiger partial charge in [0.1, 0.15) is 0 Å². The molecule has 104 valence electrons. The van der Waals surface area contributed by atoms with Gasteiger partial charge in [0.25, 0.3) is 0 Å². The lowest BCUT2D eigenvalue weighted by molar-refractivity contribution is -0.386. The summed E-state index contributed by atoms with van der Waals surface area (Å²) in [4.78, 5) is 10.4. The fourth-order valence-electron chi connectivity index (χ4n) is 2.03. The van der Waals surface area contributed by atoms with Crippen LogP contribution in [0.4, 0.5) is 5.69 Å². The lowest BCUT2D eigenvalue weighted by atomic mass is 9.71. The molecule has 1 fully saturated rings. The molecule has 0 unspecified atom stereocenters. The molecular formula is C12H13Cl2NO3S. The number of hydrogen-bond donors (Lipinski definition) is 1. The highest BCUT2D eigenvalue weighted by atomic mass is 35.5. The zero-order valence-corrected chi connectivity index (χ0v) is 12.5. The largest absolute Gasteiger partial charge is 0.486 e. The zero-order chi connectivity index (χ0) is 14.0. The van der Waals surface area contributed by atoms with E-state index in [9.17, 15) is 10.1 Å². The van der Waals surface area contributed by atoms with Crippen LogP contribution in [0.5, 0.6) is 5.75 Å². The predicted molar refractivity (Wildman–Crippen MR) is 78.7 cm³/mol. The SMILES string of the molecule is O=[N+]([O-])c1cc(Cl)c(Cl)cc1OCC1(CS)CCC1. The summed E-state index contributed by atoms with van der Waals surface area (Å²) < 4.78 is 5.60. The van der Waals surface area contributed by atoms with Crippen molar-refractivity contribution < 1.29 is 9.66 Å². The van der Waals surface area contributed by atoms with Crippen molar-refractivity contribution in [1.82, 2.24) is 0 Å². The van der Waals surface area contributed by atoms with Gasteiger partial charge >= 0.3 is 5.69 Å². The average molecular weight is 322 g/mol. The van der Waals surface area contributed by atoms with E-state index in [2.05, 4.69) is 12.6 Å². The topological polar surface area (TPSA) is 52.4 Å². The van der Waals surface area contributed by atoms with Crippen LogP contribution in [0.3, 0.4) is 0 Å². The molecule has 0 atom stereocenters. The molecule has 0 aliphatic heterocycles. The van der Waals surface area contributed by atoms with Gasteiger partial charge in [0, 0.05) is 17.5 Å². The number of benzene rings is 1. The third kappa shape index (κ3) is 3.09. The fourth-order valence-corrected chi connectivity index (χ4v) is 2.75. The molecule has 0 saturated heterocycles. The van der Waals surface area contributed by atoms with Gasteiger partial charge in [-0.05, 0) is 18.6 Å². The van der Waals surface area contributed by atoms with Crippen LogP contribution in [0.1, 0.15) is 19.3 Å². The van der Waals surface area contributed by atoms with Gasteiger partial charge < -0.3 is 4.74 Å². The predicted octanol–water partition coefficient (Wildman–Crippen LogP) is 4.38. The standard InChI is InChI=1S/C12H13Cl2NO3S/c13-8-4-10(15(16)17)11(5-9(8)14)18-6-12(7-19)2-1-3-12/h4-5,19H,1-3,6-7H2. The summed E-state index contributed by atoms with van der Waals surface area (Å²) in [6.07, 6.45) is 3.21. The molecule has 1 aromatic rings. The van der Waals surface area contributed by atoms with E-state index in [0.29, 0.717) is 12.4 Å². The van der Waals surface area contributed by atoms with Gasteiger partial charge in [-0.3, -0.25) is 10.1 Å². The van der Waals surface area contributed by atoms with Gasteiger partial charge in [-0.1, -0.05) is 29.6 Å². The summed E-state index contributed by atoms with van der Waals surface area (Å²) in [5, 5.41) is 11.4. The molecule has 0 heterocycles. The molecular weight excluding hydrogens is 309 g/mol. The normalized spacial score (nSPS) is 16.8. The molecule has 0 N–H and O–H groups in total. The Morgan fingerprint density at radius 1 is 1.37 bits per heavy atom. The number of thiol groups is 1. The maximum atomic E-state index is 11.0. The molecule has 1 saturated carbocycles. The molecule has 0 spiro atoms. The second-order valence-corrected chi connectivity index (χ2v) is 5.92. The van der Waals surface area contributed by atoms with Crippen molar-refractivity contribution in [3.8, 4) is 5.75 Å². The Bertz CT molecular complexity index is 500. The summed E-state index contributed by atoms with van der Waals surface area (Å²) >= 11 is 16.0. The highest BCUT2D eigenvalue weighted by Crippen LogP contribution is 2.43. The smallest absolute Gasteiger partial charge is 0.312 e. The summed E-state index contributed by atoms with van der Waals surface area (Å²) in [6, 6.07) is 2.61. The van der Waals surface area contributed by atoms with Crippen LogP contribution in [0.2, 0.25) is 10.0 Å². The van der Waals surface area contributed by atoms with Crippen molar-refractivity contribution >= 4 is 41.5 Å². The van der Waals surface area contributed by atoms with Gasteiger partial charge in [-0.15, -0.1) is 0 Å². The second-order valence-electron chi connectivity index (χ2n) is 4.79. The van der Waals surface area contributed by atoms with Crippen LogP contribution in [-0.4, -0.2) is 17.3 Å². The summed E-state index contributed by atoms with van der Waals surface area (Å²) in [5.41, 5.74) is -0.133. The van der Waals surface area contributed by atoms with Gasteiger partial charge in [0.15, 0.2) is 5.75 Å². The summed E-state index contributed by atoms with van der Waals surface area (Å²) in [6.45, 7) is 0.412. The number of halogens is 2. The van der Waals surface area contributed by atoms with Crippen molar-refractivity contribution in [1.29, 1.82) is 0 Å². The minimum atomic E-state index is -0.522. The minimum absolute atomic E-state index is 0.0308. The van der Waals surface area contributed by atoms with E-state index in [0.717, 1.165) is 19.3 Å². The Morgan fingerprint density at radius 3 is 2.47 bits per heavy atom. The van der Waals surface area contributed by atoms with Crippen LogP contribution >= 0.6 is 35.8 Å². The quantitative estimate of drug-likeness (QED) is 0.497. The van der Waals surface area contributed by atoms with Crippen LogP contribution < -0.4 is 4.74 Å². The number of ether oxygens (including phenoxy) is 1. The second kappa shape index (κ2) is 5.77. The lowest BCUT2D eigenvalue weighted by Crippen LogP contribution is -2.37. The summed E-state index contributed by atoms with van der Waals surface area (Å²) in [5.74, 6) is 0.870. The Balaban J connectivity index is 2.19. The first-order valence-corrected chi connectivity index (χ1v) is 7.23. The fraction of sp³-hybridized carbons (Fsp3) is 0.500. The molecule has 1 aliphatic carbocycles. The molecule has 0 amide bonds. The lowest BCUT2D eigenvalue weighted by Gasteiger charge is -2.40. The summed E-state index contributed by atoms with van der Waals surface area (Å²) in [7, 11) is 0. The molecule has 4 nitrogen and oxygen atoms in total. The number of nitro groups is 1. The van der Waals surface area contributed by atoms with Crippen molar-refractivity contribution in [3.63, 3.8) is 0 Å². The molecule has 0 aromatic heterocycles. The van der Waals surface area contributed by atoms with Crippen molar-refractivity contribution in [2.24, 2.45) is 5.41 Å². The van der Waals surface area contributed by atoms with Crippen molar-refractivity contribution in [3.05, 3.63) is 32.3 Å². The van der Waals surface area contributed by atoms with Gasteiger partial charge in [-0.2, -0.15) is 12.6 Å². The first-order valence-electron chi connectivity index (χ1n) is 5.84. The third-order valence-electron chi connectivity index (χ3n) is 3.48. The highest BCUT2D eigenvalue weighted by Gasteiger charge is 2.37. The monoisotopic (exact) mass is 321 g/mol. The van der Waals surface area contributed by atoms with E-state index in [-0.39, 0.29) is 26.9 Å². The Kier molecular flexibility index (Phi) is 4.48. The highest BCUT2D eigenvalue weighted by molar-refractivity contribution is 7.80. The number of hydrogen-bond acceptors (Lipinski definition) is 4. The molecule has 1 aromatic carbocycles. The molecule has 19 heavy (non-hydrogen) atoms. The van der Waals surface area contributed by atoms with Crippen molar-refractivity contribution in [2.75, 3.05) is 12.4 Å². The maximum absolute atomic E-state index is 11.0. The van der Waals surface area contributed by atoms with E-state index in [1.807, 2.05) is 0 Å². The molecule has 2 rings (SSSR count). The molecule has 1 aliphatic rings. The Hall–Kier alpha value is -0.650. The number of nitro benzene ring substituents is 1. The van der Waals surface area contributed by atoms with Crippen LogP contribution in [0.25, 0.3) is 0 Å². The number of rotatable bonds is 5. The van der Waals surface area contributed by atoms with Crippen LogP contribution in [0, 0.1) is 15.5 Å². The van der Waals surface area contributed by atoms with E-state index in [1.165, 1.54) is 12.1 Å². The molecule has 0 radical (unpaired) electrons. The van der Waals surface area contributed by atoms with Gasteiger partial charge in [-0.25, -0.2) is 0 Å². The van der Waals surface area contributed by atoms with Crippen molar-refractivity contribution in [2.45, 2.75) is 19.3 Å². The zero-order valence-electron chi connectivity index (χ0n) is 10.1. The maximum Gasteiger partial charge on any atom is 0.312 e. The first-order chi connectivity index (χ1) is 8.97. The Labute approximate surface area is 126 Å². The van der Waals surface area contributed by atoms with Crippen LogP contribution in [0.15, 0.2) is 12.1 Å². The minimum Gasteiger partial charge on any atom is -0.486 e. The Morgan fingerprint density at radius 2 is 2.00 bits per heavy atom. The van der Waals surface area contributed by atoms with Crippen LogP contribution in [-0.2, 0) is 0 Å². The number of nitrogens with zero attached hydrogens (tertiary/aromatic N) is 1. The van der Waals surface area contributed by atoms with E-state index < -0.39 is 4.92 Å². The first kappa shape index (κ1) is 14.8.